The molecule has 18 heavy (non-hydrogen) atoms. The highest BCUT2D eigenvalue weighted by atomic mass is 32.2. The highest BCUT2D eigenvalue weighted by molar-refractivity contribution is 8.00. The molecule has 0 unspecified atom stereocenters. The SMILES string of the molecule is CCCNc1cccc(CSc2nc(C)cs2)n1. The predicted octanol–water partition coefficient (Wildman–Crippen LogP) is 3.96. The van der Waals surface area contributed by atoms with E-state index in [0.29, 0.717) is 0 Å². The van der Waals surface area contributed by atoms with E-state index in [4.69, 9.17) is 0 Å². The molecule has 0 aliphatic heterocycles. The number of thiazole rings is 1. The first-order chi connectivity index (χ1) is 8.78. The average molecular weight is 279 g/mol. The molecular weight excluding hydrogens is 262 g/mol. The number of pyridine rings is 1. The quantitative estimate of drug-likeness (QED) is 0.812. The number of aromatic nitrogens is 2. The normalized spacial score (nSPS) is 10.6. The molecule has 96 valence electrons. The van der Waals surface area contributed by atoms with Crippen molar-refractivity contribution in [2.45, 2.75) is 30.4 Å². The van der Waals surface area contributed by atoms with E-state index >= 15 is 0 Å². The smallest absolute Gasteiger partial charge is 0.150 e. The van der Waals surface area contributed by atoms with Gasteiger partial charge in [-0.2, -0.15) is 0 Å². The molecule has 3 nitrogen and oxygen atoms in total. The maximum absolute atomic E-state index is 4.58. The first-order valence-electron chi connectivity index (χ1n) is 6.02. The molecule has 0 saturated carbocycles. The van der Waals surface area contributed by atoms with E-state index in [1.807, 2.05) is 19.1 Å². The van der Waals surface area contributed by atoms with Crippen LogP contribution in [0.3, 0.4) is 0 Å². The molecule has 0 fully saturated rings. The van der Waals surface area contributed by atoms with Crippen LogP contribution in [-0.2, 0) is 5.75 Å². The van der Waals surface area contributed by atoms with E-state index in [1.165, 1.54) is 0 Å². The topological polar surface area (TPSA) is 37.8 Å². The summed E-state index contributed by atoms with van der Waals surface area (Å²) in [4.78, 5) is 9.01. The zero-order valence-electron chi connectivity index (χ0n) is 10.6. The van der Waals surface area contributed by atoms with Crippen molar-refractivity contribution in [3.63, 3.8) is 0 Å². The third kappa shape index (κ3) is 3.99. The van der Waals surface area contributed by atoms with Crippen LogP contribution in [0.1, 0.15) is 24.7 Å². The minimum absolute atomic E-state index is 0.870. The van der Waals surface area contributed by atoms with Gasteiger partial charge < -0.3 is 5.32 Å². The fourth-order valence-corrected chi connectivity index (χ4v) is 3.20. The van der Waals surface area contributed by atoms with Gasteiger partial charge in [-0.05, 0) is 25.5 Å². The molecule has 0 amide bonds. The summed E-state index contributed by atoms with van der Waals surface area (Å²) in [5.74, 6) is 1.83. The van der Waals surface area contributed by atoms with Gasteiger partial charge in [-0.3, -0.25) is 0 Å². The molecule has 1 N–H and O–H groups in total. The van der Waals surface area contributed by atoms with Crippen molar-refractivity contribution in [1.29, 1.82) is 0 Å². The number of thioether (sulfide) groups is 1. The highest BCUT2D eigenvalue weighted by Crippen LogP contribution is 2.25. The van der Waals surface area contributed by atoms with Crippen LogP contribution in [0.4, 0.5) is 5.82 Å². The number of rotatable bonds is 6. The molecule has 2 heterocycles. The number of anilines is 1. The van der Waals surface area contributed by atoms with Crippen LogP contribution in [0.2, 0.25) is 0 Å². The first kappa shape index (κ1) is 13.4. The summed E-state index contributed by atoms with van der Waals surface area (Å²) in [6.07, 6.45) is 1.11. The molecule has 0 aliphatic rings. The van der Waals surface area contributed by atoms with Crippen molar-refractivity contribution in [3.05, 3.63) is 35.0 Å². The summed E-state index contributed by atoms with van der Waals surface area (Å²) in [6.45, 7) is 5.14. The molecule has 2 aromatic heterocycles. The third-order valence-electron chi connectivity index (χ3n) is 2.30. The van der Waals surface area contributed by atoms with Gasteiger partial charge in [0.1, 0.15) is 10.2 Å². The van der Waals surface area contributed by atoms with Crippen LogP contribution in [0.25, 0.3) is 0 Å². The lowest BCUT2D eigenvalue weighted by Crippen LogP contribution is -2.02. The average Bonchev–Trinajstić information content (AvgIpc) is 2.80. The Morgan fingerprint density at radius 1 is 1.33 bits per heavy atom. The summed E-state index contributed by atoms with van der Waals surface area (Å²) in [6, 6.07) is 6.12. The minimum Gasteiger partial charge on any atom is -0.370 e. The van der Waals surface area contributed by atoms with Gasteiger partial charge in [0.05, 0.1) is 5.69 Å². The monoisotopic (exact) mass is 279 g/mol. The Bertz CT molecular complexity index is 496. The second-order valence-corrected chi connectivity index (χ2v) is 6.06. The van der Waals surface area contributed by atoms with E-state index in [2.05, 4.69) is 33.7 Å². The molecule has 0 spiro atoms. The Morgan fingerprint density at radius 3 is 2.94 bits per heavy atom. The zero-order chi connectivity index (χ0) is 12.8. The summed E-state index contributed by atoms with van der Waals surface area (Å²) >= 11 is 3.44. The summed E-state index contributed by atoms with van der Waals surface area (Å²) < 4.78 is 1.11. The fourth-order valence-electron chi connectivity index (χ4n) is 1.45. The van der Waals surface area contributed by atoms with Crippen LogP contribution in [0.5, 0.6) is 0 Å². The summed E-state index contributed by atoms with van der Waals surface area (Å²) in [5, 5.41) is 5.38. The summed E-state index contributed by atoms with van der Waals surface area (Å²) in [7, 11) is 0. The third-order valence-corrected chi connectivity index (χ3v) is 4.48. The van der Waals surface area contributed by atoms with Crippen LogP contribution < -0.4 is 5.32 Å². The number of aryl methyl sites for hydroxylation is 1. The highest BCUT2D eigenvalue weighted by Gasteiger charge is 2.02. The van der Waals surface area contributed by atoms with Crippen LogP contribution in [0.15, 0.2) is 27.9 Å². The van der Waals surface area contributed by atoms with Crippen LogP contribution in [-0.4, -0.2) is 16.5 Å². The van der Waals surface area contributed by atoms with Gasteiger partial charge in [-0.25, -0.2) is 9.97 Å². The van der Waals surface area contributed by atoms with Crippen molar-refractivity contribution in [1.82, 2.24) is 9.97 Å². The van der Waals surface area contributed by atoms with Crippen molar-refractivity contribution in [2.24, 2.45) is 0 Å². The van der Waals surface area contributed by atoms with E-state index < -0.39 is 0 Å². The predicted molar refractivity (Wildman–Crippen MR) is 79.4 cm³/mol. The molecule has 0 aromatic carbocycles. The molecule has 2 aromatic rings. The first-order valence-corrected chi connectivity index (χ1v) is 7.89. The number of nitrogens with one attached hydrogen (secondary N) is 1. The number of hydrogen-bond donors (Lipinski definition) is 1. The fraction of sp³-hybridized carbons (Fsp3) is 0.385. The Labute approximate surface area is 116 Å². The molecule has 2 rings (SSSR count). The van der Waals surface area contributed by atoms with Gasteiger partial charge >= 0.3 is 0 Å². The molecule has 5 heteroatoms. The van der Waals surface area contributed by atoms with Crippen LogP contribution in [0, 0.1) is 6.92 Å². The van der Waals surface area contributed by atoms with Gasteiger partial charge in [0, 0.05) is 23.4 Å². The maximum Gasteiger partial charge on any atom is 0.150 e. The zero-order valence-corrected chi connectivity index (χ0v) is 12.3. The van der Waals surface area contributed by atoms with Gasteiger partial charge in [0.25, 0.3) is 0 Å². The molecule has 0 bridgehead atoms. The Hall–Kier alpha value is -1.07. The van der Waals surface area contributed by atoms with E-state index in [-0.39, 0.29) is 0 Å². The van der Waals surface area contributed by atoms with Crippen molar-refractivity contribution in [3.8, 4) is 0 Å². The lowest BCUT2D eigenvalue weighted by molar-refractivity contribution is 0.965. The second kappa shape index (κ2) is 6.75. The van der Waals surface area contributed by atoms with Gasteiger partial charge in [0.15, 0.2) is 0 Å². The summed E-state index contributed by atoms with van der Waals surface area (Å²) in [5.41, 5.74) is 2.18. The molecular formula is C13H17N3S2. The minimum atomic E-state index is 0.870. The molecule has 0 atom stereocenters. The van der Waals surface area contributed by atoms with E-state index in [9.17, 15) is 0 Å². The number of nitrogens with zero attached hydrogens (tertiary/aromatic N) is 2. The van der Waals surface area contributed by atoms with E-state index in [0.717, 1.165) is 40.3 Å². The van der Waals surface area contributed by atoms with Crippen molar-refractivity contribution < 1.29 is 0 Å². The lowest BCUT2D eigenvalue weighted by atomic mass is 10.3. The second-order valence-electron chi connectivity index (χ2n) is 3.98. The largest absolute Gasteiger partial charge is 0.370 e. The van der Waals surface area contributed by atoms with E-state index in [1.54, 1.807) is 23.1 Å². The van der Waals surface area contributed by atoms with Crippen molar-refractivity contribution in [2.75, 3.05) is 11.9 Å². The Kier molecular flexibility index (Phi) is 5.01. The van der Waals surface area contributed by atoms with Crippen LogP contribution >= 0.6 is 23.1 Å². The molecule has 0 radical (unpaired) electrons. The maximum atomic E-state index is 4.58. The lowest BCUT2D eigenvalue weighted by Gasteiger charge is -2.05. The molecule has 0 aliphatic carbocycles. The standard InChI is InChI=1S/C13H17N3S2/c1-3-7-14-12-6-4-5-11(16-12)9-18-13-15-10(2)8-17-13/h4-6,8H,3,7,9H2,1-2H3,(H,14,16). The van der Waals surface area contributed by atoms with Gasteiger partial charge in [-0.15, -0.1) is 11.3 Å². The van der Waals surface area contributed by atoms with Gasteiger partial charge in [0.2, 0.25) is 0 Å². The van der Waals surface area contributed by atoms with Crippen molar-refractivity contribution >= 4 is 28.9 Å². The Morgan fingerprint density at radius 2 is 2.22 bits per heavy atom. The number of hydrogen-bond acceptors (Lipinski definition) is 5. The Balaban J connectivity index is 1.92. The van der Waals surface area contributed by atoms with Gasteiger partial charge in [-0.1, -0.05) is 24.8 Å². The molecule has 0 saturated heterocycles.